The number of nitrogens with zero attached hydrogens (tertiary/aromatic N) is 1. The highest BCUT2D eigenvalue weighted by atomic mass is 16.6. The summed E-state index contributed by atoms with van der Waals surface area (Å²) in [6.45, 7) is 7.34. The summed E-state index contributed by atoms with van der Waals surface area (Å²) < 4.78 is 5.31. The van der Waals surface area contributed by atoms with E-state index >= 15 is 0 Å². The summed E-state index contributed by atoms with van der Waals surface area (Å²) in [7, 11) is 0. The quantitative estimate of drug-likeness (QED) is 0.919. The van der Waals surface area contributed by atoms with E-state index in [-0.39, 0.29) is 13.0 Å². The number of carbonyl (C=O) groups excluding carboxylic acids is 1. The second-order valence-corrected chi connectivity index (χ2v) is 5.61. The zero-order valence-electron chi connectivity index (χ0n) is 12.3. The predicted octanol–water partition coefficient (Wildman–Crippen LogP) is 3.21. The Morgan fingerprint density at radius 3 is 2.20 bits per heavy atom. The van der Waals surface area contributed by atoms with Crippen molar-refractivity contribution in [3.05, 3.63) is 29.8 Å². The lowest BCUT2D eigenvalue weighted by atomic mass is 10.2. The second kappa shape index (κ2) is 6.41. The Kier molecular flexibility index (Phi) is 5.13. The molecule has 5 nitrogen and oxygen atoms in total. The minimum absolute atomic E-state index is 0.0767. The van der Waals surface area contributed by atoms with Gasteiger partial charge in [-0.2, -0.15) is 0 Å². The van der Waals surface area contributed by atoms with Crippen LogP contribution in [0.3, 0.4) is 0 Å². The smallest absolute Gasteiger partial charge is 0.414 e. The van der Waals surface area contributed by atoms with Crippen LogP contribution >= 0.6 is 0 Å². The molecule has 1 aromatic carbocycles. The Morgan fingerprint density at radius 2 is 1.75 bits per heavy atom. The van der Waals surface area contributed by atoms with Gasteiger partial charge in [0.2, 0.25) is 0 Å². The Labute approximate surface area is 119 Å². The Bertz CT molecular complexity index is 474. The fraction of sp³-hybridized carbons (Fsp3) is 0.467. The Morgan fingerprint density at radius 1 is 1.20 bits per heavy atom. The first-order chi connectivity index (χ1) is 9.19. The van der Waals surface area contributed by atoms with E-state index in [0.29, 0.717) is 5.69 Å². The number of aryl methyl sites for hydroxylation is 1. The molecule has 0 aromatic heterocycles. The van der Waals surface area contributed by atoms with Crippen LogP contribution in [0.4, 0.5) is 10.5 Å². The second-order valence-electron chi connectivity index (χ2n) is 5.61. The molecular weight excluding hydrogens is 258 g/mol. The molecular formula is C15H21NO4. The number of rotatable bonds is 4. The van der Waals surface area contributed by atoms with Crippen LogP contribution in [0.25, 0.3) is 0 Å². The number of anilines is 1. The largest absolute Gasteiger partial charge is 0.481 e. The number of hydrogen-bond donors (Lipinski definition) is 1. The van der Waals surface area contributed by atoms with Crippen molar-refractivity contribution < 1.29 is 19.4 Å². The van der Waals surface area contributed by atoms with Crippen molar-refractivity contribution in [1.82, 2.24) is 0 Å². The van der Waals surface area contributed by atoms with Crippen molar-refractivity contribution in [3.63, 3.8) is 0 Å². The van der Waals surface area contributed by atoms with E-state index in [1.807, 2.05) is 19.1 Å². The van der Waals surface area contributed by atoms with Crippen LogP contribution < -0.4 is 4.90 Å². The fourth-order valence-corrected chi connectivity index (χ4v) is 1.57. The number of hydrogen-bond acceptors (Lipinski definition) is 3. The molecule has 0 aliphatic heterocycles. The van der Waals surface area contributed by atoms with Crippen LogP contribution in [0, 0.1) is 6.92 Å². The molecule has 0 bridgehead atoms. The molecule has 1 N–H and O–H groups in total. The van der Waals surface area contributed by atoms with Crippen molar-refractivity contribution in [1.29, 1.82) is 0 Å². The van der Waals surface area contributed by atoms with Crippen LogP contribution in [0.2, 0.25) is 0 Å². The van der Waals surface area contributed by atoms with E-state index in [1.54, 1.807) is 32.9 Å². The maximum absolute atomic E-state index is 12.2. The van der Waals surface area contributed by atoms with Gasteiger partial charge in [-0.15, -0.1) is 0 Å². The molecule has 110 valence electrons. The number of carboxylic acids is 1. The van der Waals surface area contributed by atoms with Crippen LogP contribution in [-0.2, 0) is 9.53 Å². The SMILES string of the molecule is Cc1ccc(N(CCC(=O)O)C(=O)OC(C)(C)C)cc1. The molecule has 0 aliphatic carbocycles. The van der Waals surface area contributed by atoms with E-state index in [9.17, 15) is 9.59 Å². The van der Waals surface area contributed by atoms with E-state index in [0.717, 1.165) is 5.56 Å². The summed E-state index contributed by atoms with van der Waals surface area (Å²) in [5.74, 6) is -0.953. The molecule has 0 aliphatic rings. The number of carbonyl (C=O) groups is 2. The highest BCUT2D eigenvalue weighted by molar-refractivity contribution is 5.88. The van der Waals surface area contributed by atoms with Crippen molar-refractivity contribution in [3.8, 4) is 0 Å². The first-order valence-corrected chi connectivity index (χ1v) is 6.48. The molecule has 0 atom stereocenters. The number of amides is 1. The minimum atomic E-state index is -0.953. The first kappa shape index (κ1) is 16.0. The van der Waals surface area contributed by atoms with Crippen LogP contribution in [0.1, 0.15) is 32.8 Å². The molecule has 0 heterocycles. The lowest BCUT2D eigenvalue weighted by molar-refractivity contribution is -0.136. The summed E-state index contributed by atoms with van der Waals surface area (Å²) in [5, 5.41) is 8.79. The highest BCUT2D eigenvalue weighted by Gasteiger charge is 2.23. The summed E-state index contributed by atoms with van der Waals surface area (Å²) in [4.78, 5) is 24.2. The Hall–Kier alpha value is -2.04. The minimum Gasteiger partial charge on any atom is -0.481 e. The maximum atomic E-state index is 12.2. The lowest BCUT2D eigenvalue weighted by Crippen LogP contribution is -2.38. The first-order valence-electron chi connectivity index (χ1n) is 6.48. The van der Waals surface area contributed by atoms with Gasteiger partial charge >= 0.3 is 12.1 Å². The van der Waals surface area contributed by atoms with Crippen LogP contribution in [0.5, 0.6) is 0 Å². The van der Waals surface area contributed by atoms with Crippen molar-refractivity contribution in [2.75, 3.05) is 11.4 Å². The third-order valence-electron chi connectivity index (χ3n) is 2.51. The van der Waals surface area contributed by atoms with Crippen LogP contribution in [-0.4, -0.2) is 29.3 Å². The number of benzene rings is 1. The summed E-state index contributed by atoms with van der Waals surface area (Å²) in [6, 6.07) is 7.29. The van der Waals surface area contributed by atoms with Gasteiger partial charge in [0, 0.05) is 12.2 Å². The van der Waals surface area contributed by atoms with Gasteiger partial charge < -0.3 is 9.84 Å². The third kappa shape index (κ3) is 5.30. The molecule has 20 heavy (non-hydrogen) atoms. The zero-order chi connectivity index (χ0) is 15.3. The average molecular weight is 279 g/mol. The standard InChI is InChI=1S/C15H21NO4/c1-11-5-7-12(8-6-11)16(10-9-13(17)18)14(19)20-15(2,3)4/h5-8H,9-10H2,1-4H3,(H,17,18). The molecule has 0 radical (unpaired) electrons. The molecule has 0 fully saturated rings. The molecule has 5 heteroatoms. The Balaban J connectivity index is 2.92. The summed E-state index contributed by atoms with van der Waals surface area (Å²) in [5.41, 5.74) is 1.07. The summed E-state index contributed by atoms with van der Waals surface area (Å²) in [6.07, 6.45) is -0.671. The number of carboxylic acid groups (broad SMARTS) is 1. The monoisotopic (exact) mass is 279 g/mol. The van der Waals surface area contributed by atoms with Gasteiger partial charge in [0.05, 0.1) is 6.42 Å². The molecule has 1 aromatic rings. The number of aliphatic carboxylic acids is 1. The highest BCUT2D eigenvalue weighted by Crippen LogP contribution is 2.19. The molecule has 0 unspecified atom stereocenters. The fourth-order valence-electron chi connectivity index (χ4n) is 1.57. The van der Waals surface area contributed by atoms with Crippen molar-refractivity contribution in [2.45, 2.75) is 39.7 Å². The molecule has 1 rings (SSSR count). The van der Waals surface area contributed by atoms with Gasteiger partial charge in [-0.3, -0.25) is 9.69 Å². The van der Waals surface area contributed by atoms with E-state index < -0.39 is 17.7 Å². The summed E-state index contributed by atoms with van der Waals surface area (Å²) >= 11 is 0. The van der Waals surface area contributed by atoms with Gasteiger partial charge in [0.1, 0.15) is 5.60 Å². The predicted molar refractivity (Wildman–Crippen MR) is 77.0 cm³/mol. The molecule has 1 amide bonds. The molecule has 0 saturated heterocycles. The van der Waals surface area contributed by atoms with Gasteiger partial charge in [-0.25, -0.2) is 4.79 Å². The zero-order valence-corrected chi connectivity index (χ0v) is 12.3. The van der Waals surface area contributed by atoms with Gasteiger partial charge in [-0.1, -0.05) is 17.7 Å². The lowest BCUT2D eigenvalue weighted by Gasteiger charge is -2.27. The van der Waals surface area contributed by atoms with Gasteiger partial charge in [0.25, 0.3) is 0 Å². The normalized spacial score (nSPS) is 11.0. The molecule has 0 saturated carbocycles. The topological polar surface area (TPSA) is 66.8 Å². The number of ether oxygens (including phenoxy) is 1. The van der Waals surface area contributed by atoms with Crippen molar-refractivity contribution in [2.24, 2.45) is 0 Å². The third-order valence-corrected chi connectivity index (χ3v) is 2.51. The van der Waals surface area contributed by atoms with Gasteiger partial charge in [0.15, 0.2) is 0 Å². The average Bonchev–Trinajstić information content (AvgIpc) is 2.29. The maximum Gasteiger partial charge on any atom is 0.414 e. The van der Waals surface area contributed by atoms with E-state index in [1.165, 1.54) is 4.90 Å². The van der Waals surface area contributed by atoms with Crippen molar-refractivity contribution >= 4 is 17.7 Å². The van der Waals surface area contributed by atoms with Gasteiger partial charge in [-0.05, 0) is 39.8 Å². The van der Waals surface area contributed by atoms with E-state index in [4.69, 9.17) is 9.84 Å². The van der Waals surface area contributed by atoms with E-state index in [2.05, 4.69) is 0 Å². The van der Waals surface area contributed by atoms with Crippen LogP contribution in [0.15, 0.2) is 24.3 Å². The molecule has 0 spiro atoms.